The Labute approximate surface area is 423 Å². The zero-order valence-electron chi connectivity index (χ0n) is 40.6. The van der Waals surface area contributed by atoms with Crippen LogP contribution in [0.1, 0.15) is 27.7 Å². The summed E-state index contributed by atoms with van der Waals surface area (Å²) in [4.78, 5) is 0. The van der Waals surface area contributed by atoms with Crippen LogP contribution in [-0.4, -0.2) is 38.7 Å². The quantitative estimate of drug-likeness (QED) is 0.124. The number of halogens is 2. The van der Waals surface area contributed by atoms with Crippen molar-refractivity contribution in [2.24, 2.45) is 0 Å². The van der Waals surface area contributed by atoms with E-state index in [4.69, 9.17) is 0 Å². The van der Waals surface area contributed by atoms with E-state index in [-0.39, 0.29) is 24.8 Å². The predicted octanol–water partition coefficient (Wildman–Crippen LogP) is 7.91. The van der Waals surface area contributed by atoms with Crippen LogP contribution >= 0.6 is 0 Å². The third-order valence-corrected chi connectivity index (χ3v) is 18.2. The number of benzene rings is 4. The Morgan fingerprint density at radius 3 is 0.613 bits per heavy atom. The normalized spacial score (nSPS) is 11.2. The van der Waals surface area contributed by atoms with Crippen LogP contribution in [-0.2, 0) is 48.5 Å². The fourth-order valence-corrected chi connectivity index (χ4v) is 13.7. The minimum absolute atomic E-state index is 0. The van der Waals surface area contributed by atoms with Gasteiger partial charge in [-0.1, -0.05) is 103 Å². The second-order valence-electron chi connectivity index (χ2n) is 20.3. The fourth-order valence-electron chi connectivity index (χ4n) is 7.22. The van der Waals surface area contributed by atoms with Gasteiger partial charge in [-0.3, -0.25) is 0 Å². The molecule has 0 N–H and O–H groups in total. The van der Waals surface area contributed by atoms with Crippen LogP contribution in [0.5, 0.6) is 0 Å². The van der Waals surface area contributed by atoms with E-state index in [1.165, 1.54) is 49.5 Å². The average molecular weight is 1090 g/mol. The zero-order valence-corrected chi connectivity index (χ0v) is 51.0. The molecule has 0 radical (unpaired) electrons. The van der Waals surface area contributed by atoms with Gasteiger partial charge in [0, 0.05) is 32.3 Å². The van der Waals surface area contributed by atoms with Gasteiger partial charge in [0.1, 0.15) is 0 Å². The van der Waals surface area contributed by atoms with Gasteiger partial charge in [0.15, 0.2) is 0 Å². The predicted molar refractivity (Wildman–Crippen MR) is 283 cm³/mol. The summed E-state index contributed by atoms with van der Waals surface area (Å²) in [7, 11) is -4.58. The summed E-state index contributed by atoms with van der Waals surface area (Å²) in [6, 6.07) is 52.8. The van der Waals surface area contributed by atoms with Gasteiger partial charge in [-0.2, -0.15) is 66.6 Å². The summed E-state index contributed by atoms with van der Waals surface area (Å²) in [5, 5.41) is 17.7. The standard InChI is InChI=1S/4C12H15Si.2C3H6.2ClH.2Zr/c4*1-13(2,3)12-9-8-10-6-4-5-7-11(10)12;2*1-3-2;;;;/h4*4-9H,1-3H3;2*1-2H3;2*1H;;/q4*-1;;;;;2*+2/p-2. The smallest absolute Gasteiger partial charge is 0.0209 e. The zero-order chi connectivity index (χ0) is 45.1. The Morgan fingerprint density at radius 2 is 0.468 bits per heavy atom. The van der Waals surface area contributed by atoms with Gasteiger partial charge in [0.25, 0.3) is 0 Å². The number of rotatable bonds is 4. The maximum Gasteiger partial charge on any atom is 0.0209 e. The van der Waals surface area contributed by atoms with Crippen molar-refractivity contribution in [2.45, 2.75) is 106 Å². The first-order chi connectivity index (χ1) is 27.8. The van der Waals surface area contributed by atoms with Crippen LogP contribution in [0.4, 0.5) is 0 Å². The molecule has 0 saturated heterocycles. The van der Waals surface area contributed by atoms with E-state index in [0.29, 0.717) is 0 Å². The van der Waals surface area contributed by atoms with Crippen molar-refractivity contribution in [1.82, 2.24) is 0 Å². The molecule has 0 heterocycles. The molecule has 0 aliphatic heterocycles. The molecule has 8 aromatic rings. The topological polar surface area (TPSA) is 0 Å². The molecule has 0 aliphatic carbocycles. The summed E-state index contributed by atoms with van der Waals surface area (Å²) < 4.78 is 3.01. The van der Waals surface area contributed by atoms with Gasteiger partial charge >= 0.3 is 82.6 Å². The summed E-state index contributed by atoms with van der Waals surface area (Å²) in [5.41, 5.74) is 0. The molecule has 0 bridgehead atoms. The maximum absolute atomic E-state index is 2.40. The van der Waals surface area contributed by atoms with Crippen LogP contribution in [0, 0.1) is 0 Å². The molecule has 0 unspecified atom stereocenters. The van der Waals surface area contributed by atoms with Crippen LogP contribution in [0.3, 0.4) is 0 Å². The molecular formula is C54H72Cl2Si4Zr2-2. The van der Waals surface area contributed by atoms with E-state index in [2.05, 4.69) is 252 Å². The Hall–Kier alpha value is -1.73. The first-order valence-corrected chi connectivity index (χ1v) is 37.9. The monoisotopic (exact) mass is 1080 g/mol. The Bertz CT molecular complexity index is 2220. The van der Waals surface area contributed by atoms with Crippen LogP contribution in [0.2, 0.25) is 78.6 Å². The van der Waals surface area contributed by atoms with Crippen molar-refractivity contribution in [3.63, 3.8) is 0 Å². The van der Waals surface area contributed by atoms with E-state index in [1.807, 2.05) is 0 Å². The number of hydrogen-bond acceptors (Lipinski definition) is 0. The number of fused-ring (bicyclic) bond motifs is 4. The molecule has 8 heteroatoms. The molecule has 8 rings (SSSR count). The molecule has 62 heavy (non-hydrogen) atoms. The second kappa shape index (κ2) is 25.8. The van der Waals surface area contributed by atoms with E-state index >= 15 is 0 Å². The van der Waals surface area contributed by atoms with Gasteiger partial charge in [0.05, 0.1) is 0 Å². The average Bonchev–Trinajstić information content (AvgIpc) is 3.95. The maximum atomic E-state index is 2.40. The van der Waals surface area contributed by atoms with E-state index in [9.17, 15) is 0 Å². The van der Waals surface area contributed by atoms with Crippen molar-refractivity contribution < 1.29 is 73.3 Å². The van der Waals surface area contributed by atoms with Crippen LogP contribution in [0.15, 0.2) is 146 Å². The largest absolute Gasteiger partial charge is 1.00 e. The molecular weight excluding hydrogens is 1010 g/mol. The molecule has 0 amide bonds. The Kier molecular flexibility index (Phi) is 24.3. The second-order valence-corrected chi connectivity index (χ2v) is 45.4. The fraction of sp³-hybridized carbons (Fsp3) is 0.296. The van der Waals surface area contributed by atoms with Crippen molar-refractivity contribution >= 4 is 103 Å². The van der Waals surface area contributed by atoms with Crippen molar-refractivity contribution in [3.8, 4) is 0 Å². The Balaban J connectivity index is 0.000000386. The molecule has 328 valence electrons. The third kappa shape index (κ3) is 18.3. The first kappa shape index (κ1) is 58.3. The minimum Gasteiger partial charge on any atom is -1.00 e. The molecule has 0 aliphatic rings. The molecule has 0 aromatic heterocycles. The van der Waals surface area contributed by atoms with Crippen LogP contribution < -0.4 is 45.6 Å². The van der Waals surface area contributed by atoms with Gasteiger partial charge in [0.2, 0.25) is 0 Å². The molecule has 0 nitrogen and oxygen atoms in total. The van der Waals surface area contributed by atoms with Gasteiger partial charge in [-0.25, -0.2) is 0 Å². The van der Waals surface area contributed by atoms with E-state index in [0.717, 1.165) is 0 Å². The summed E-state index contributed by atoms with van der Waals surface area (Å²) in [5.74, 6) is 0. The minimum atomic E-state index is -1.15. The van der Waals surface area contributed by atoms with Gasteiger partial charge in [-0.05, 0) is 0 Å². The van der Waals surface area contributed by atoms with Gasteiger partial charge < -0.3 is 24.8 Å². The summed E-state index contributed by atoms with van der Waals surface area (Å²) >= 11 is 3.11. The molecule has 0 spiro atoms. The van der Waals surface area contributed by atoms with Crippen LogP contribution in [0.25, 0.3) is 43.1 Å². The van der Waals surface area contributed by atoms with E-state index < -0.39 is 32.3 Å². The third-order valence-electron chi connectivity index (χ3n) is 9.95. The van der Waals surface area contributed by atoms with E-state index in [1.54, 1.807) is 69.2 Å². The van der Waals surface area contributed by atoms with Crippen molar-refractivity contribution in [3.05, 3.63) is 146 Å². The van der Waals surface area contributed by atoms with Gasteiger partial charge in [-0.15, -0.1) is 119 Å². The summed E-state index contributed by atoms with van der Waals surface area (Å²) in [6.45, 7) is 37.3. The molecule has 8 aromatic carbocycles. The SMILES string of the molecule is C[C](C)=[Zr+2].C[C](C)=[Zr+2].C[Si](C)(C)c1c[cH-]c2ccccc12.C[Si](C)(C)c1c[cH-]c2ccccc12.C[Si](C)(C)c1c[cH-]c2ccccc12.C[Si](C)(C)c1c[cH-]c2ccccc12.[Cl-].[Cl-]. The molecule has 0 fully saturated rings. The molecule has 0 atom stereocenters. The van der Waals surface area contributed by atoms with Crippen molar-refractivity contribution in [2.75, 3.05) is 0 Å². The molecule has 0 saturated carbocycles. The first-order valence-electron chi connectivity index (χ1n) is 21.5. The summed E-state index contributed by atoms with van der Waals surface area (Å²) in [6.07, 6.45) is 0. The van der Waals surface area contributed by atoms with Crippen molar-refractivity contribution in [1.29, 1.82) is 0 Å². The Morgan fingerprint density at radius 1 is 0.323 bits per heavy atom. The number of hydrogen-bond donors (Lipinski definition) is 0.